The minimum absolute atomic E-state index is 0.145. The zero-order chi connectivity index (χ0) is 13.5. The first-order chi connectivity index (χ1) is 7.70. The van der Waals surface area contributed by atoms with E-state index in [0.29, 0.717) is 6.42 Å². The highest BCUT2D eigenvalue weighted by molar-refractivity contribution is 7.89. The molecule has 0 radical (unpaired) electrons. The first-order valence-corrected chi connectivity index (χ1v) is 7.12. The lowest BCUT2D eigenvalue weighted by Gasteiger charge is -2.16. The first kappa shape index (κ1) is 16.7. The molecule has 3 N–H and O–H groups in total. The SMILES string of the molecule is CCCC(CN)NS(=O)(=O)CCCC(F)(F)F. The van der Waals surface area contributed by atoms with Crippen LogP contribution in [0.3, 0.4) is 0 Å². The Morgan fingerprint density at radius 1 is 1.35 bits per heavy atom. The fraction of sp³-hybridized carbons (Fsp3) is 1.00. The molecule has 0 saturated carbocycles. The van der Waals surface area contributed by atoms with E-state index in [4.69, 9.17) is 5.73 Å². The van der Waals surface area contributed by atoms with Gasteiger partial charge in [-0.05, 0) is 12.8 Å². The molecule has 0 spiro atoms. The summed E-state index contributed by atoms with van der Waals surface area (Å²) in [5.74, 6) is -0.521. The average molecular weight is 276 g/mol. The summed E-state index contributed by atoms with van der Waals surface area (Å²) in [5, 5.41) is 0. The van der Waals surface area contributed by atoms with Gasteiger partial charge in [0.25, 0.3) is 0 Å². The maximum Gasteiger partial charge on any atom is 0.389 e. The molecule has 0 aromatic heterocycles. The monoisotopic (exact) mass is 276 g/mol. The Bertz CT molecular complexity index is 304. The minimum atomic E-state index is -4.31. The molecule has 0 aromatic carbocycles. The Balaban J connectivity index is 4.11. The Morgan fingerprint density at radius 2 is 1.94 bits per heavy atom. The van der Waals surface area contributed by atoms with Crippen molar-refractivity contribution in [3.63, 3.8) is 0 Å². The van der Waals surface area contributed by atoms with Gasteiger partial charge in [-0.1, -0.05) is 13.3 Å². The normalized spacial score (nSPS) is 14.9. The van der Waals surface area contributed by atoms with Crippen molar-refractivity contribution in [2.45, 2.75) is 44.8 Å². The molecule has 1 unspecified atom stereocenters. The van der Waals surface area contributed by atoms with Crippen molar-refractivity contribution in [3.8, 4) is 0 Å². The summed E-state index contributed by atoms with van der Waals surface area (Å²) >= 11 is 0. The van der Waals surface area contributed by atoms with Gasteiger partial charge < -0.3 is 5.73 Å². The molecule has 0 aliphatic rings. The number of nitrogens with one attached hydrogen (secondary N) is 1. The van der Waals surface area contributed by atoms with Crippen molar-refractivity contribution in [1.82, 2.24) is 4.72 Å². The molecule has 0 aromatic rings. The third-order valence-corrected chi connectivity index (χ3v) is 3.66. The second kappa shape index (κ2) is 7.17. The molecular weight excluding hydrogens is 257 g/mol. The Hall–Kier alpha value is -0.340. The van der Waals surface area contributed by atoms with Gasteiger partial charge in [0.15, 0.2) is 0 Å². The zero-order valence-electron chi connectivity index (χ0n) is 9.76. The number of rotatable bonds is 8. The van der Waals surface area contributed by atoms with Crippen LogP contribution in [0.15, 0.2) is 0 Å². The molecule has 0 aliphatic carbocycles. The molecule has 0 fully saturated rings. The van der Waals surface area contributed by atoms with Gasteiger partial charge in [-0.3, -0.25) is 0 Å². The van der Waals surface area contributed by atoms with Crippen molar-refractivity contribution in [2.24, 2.45) is 5.73 Å². The highest BCUT2D eigenvalue weighted by atomic mass is 32.2. The summed E-state index contributed by atoms with van der Waals surface area (Å²) in [6, 6.07) is -0.393. The van der Waals surface area contributed by atoms with Crippen molar-refractivity contribution < 1.29 is 21.6 Å². The lowest BCUT2D eigenvalue weighted by molar-refractivity contribution is -0.134. The highest BCUT2D eigenvalue weighted by Crippen LogP contribution is 2.21. The molecule has 0 saturated heterocycles. The van der Waals surface area contributed by atoms with E-state index in [1.807, 2.05) is 6.92 Å². The Kier molecular flexibility index (Phi) is 7.03. The van der Waals surface area contributed by atoms with Gasteiger partial charge in [0.1, 0.15) is 0 Å². The lowest BCUT2D eigenvalue weighted by atomic mass is 10.2. The van der Waals surface area contributed by atoms with Crippen LogP contribution in [0.2, 0.25) is 0 Å². The van der Waals surface area contributed by atoms with Crippen LogP contribution in [-0.4, -0.2) is 32.9 Å². The largest absolute Gasteiger partial charge is 0.389 e. The van der Waals surface area contributed by atoms with Crippen LogP contribution in [0, 0.1) is 0 Å². The summed E-state index contributed by atoms with van der Waals surface area (Å²) in [6.45, 7) is 2.02. The standard InChI is InChI=1S/C9H19F3N2O2S/c1-2-4-8(7-13)14-17(15,16)6-3-5-9(10,11)12/h8,14H,2-7,13H2,1H3. The van der Waals surface area contributed by atoms with Crippen molar-refractivity contribution in [1.29, 1.82) is 0 Å². The maximum atomic E-state index is 11.8. The van der Waals surface area contributed by atoms with Gasteiger partial charge in [0.05, 0.1) is 5.75 Å². The Morgan fingerprint density at radius 3 is 2.35 bits per heavy atom. The fourth-order valence-corrected chi connectivity index (χ4v) is 2.71. The van der Waals surface area contributed by atoms with Crippen LogP contribution in [0.25, 0.3) is 0 Å². The summed E-state index contributed by atoms with van der Waals surface area (Å²) < 4.78 is 60.7. The molecule has 0 bridgehead atoms. The molecule has 0 rings (SSSR count). The van der Waals surface area contributed by atoms with Crippen LogP contribution in [0.5, 0.6) is 0 Å². The van der Waals surface area contributed by atoms with Gasteiger partial charge in [-0.25, -0.2) is 13.1 Å². The van der Waals surface area contributed by atoms with Crippen molar-refractivity contribution in [2.75, 3.05) is 12.3 Å². The molecule has 104 valence electrons. The molecule has 1 atom stereocenters. The third kappa shape index (κ3) is 9.37. The number of hydrogen-bond acceptors (Lipinski definition) is 3. The quantitative estimate of drug-likeness (QED) is 0.703. The number of alkyl halides is 3. The first-order valence-electron chi connectivity index (χ1n) is 5.47. The smallest absolute Gasteiger partial charge is 0.329 e. The Labute approximate surface area is 99.8 Å². The topological polar surface area (TPSA) is 72.2 Å². The molecule has 4 nitrogen and oxygen atoms in total. The van der Waals surface area contributed by atoms with Crippen molar-refractivity contribution in [3.05, 3.63) is 0 Å². The van der Waals surface area contributed by atoms with Gasteiger partial charge in [0, 0.05) is 19.0 Å². The van der Waals surface area contributed by atoms with Crippen LogP contribution >= 0.6 is 0 Å². The highest BCUT2D eigenvalue weighted by Gasteiger charge is 2.27. The van der Waals surface area contributed by atoms with E-state index >= 15 is 0 Å². The van der Waals surface area contributed by atoms with Gasteiger partial charge >= 0.3 is 6.18 Å². The van der Waals surface area contributed by atoms with E-state index in [9.17, 15) is 21.6 Å². The van der Waals surface area contributed by atoms with E-state index < -0.39 is 40.8 Å². The minimum Gasteiger partial charge on any atom is -0.329 e. The van der Waals surface area contributed by atoms with Crippen LogP contribution in [-0.2, 0) is 10.0 Å². The summed E-state index contributed by atoms with van der Waals surface area (Å²) in [6.07, 6.45) is -4.49. The predicted molar refractivity (Wildman–Crippen MR) is 60.0 cm³/mol. The van der Waals surface area contributed by atoms with Crippen LogP contribution < -0.4 is 10.5 Å². The van der Waals surface area contributed by atoms with Crippen LogP contribution in [0.1, 0.15) is 32.6 Å². The summed E-state index contributed by atoms with van der Waals surface area (Å²) in [5.41, 5.74) is 5.36. The average Bonchev–Trinajstić information content (AvgIpc) is 2.14. The van der Waals surface area contributed by atoms with E-state index in [1.165, 1.54) is 0 Å². The maximum absolute atomic E-state index is 11.8. The second-order valence-electron chi connectivity index (χ2n) is 3.88. The lowest BCUT2D eigenvalue weighted by Crippen LogP contribution is -2.41. The van der Waals surface area contributed by atoms with Crippen molar-refractivity contribution >= 4 is 10.0 Å². The molecule has 17 heavy (non-hydrogen) atoms. The zero-order valence-corrected chi connectivity index (χ0v) is 10.6. The van der Waals surface area contributed by atoms with Gasteiger partial charge in [-0.15, -0.1) is 0 Å². The third-order valence-electron chi connectivity index (χ3n) is 2.14. The van der Waals surface area contributed by atoms with E-state index in [-0.39, 0.29) is 6.54 Å². The molecule has 0 amide bonds. The molecule has 0 heterocycles. The van der Waals surface area contributed by atoms with Gasteiger partial charge in [0.2, 0.25) is 10.0 Å². The summed E-state index contributed by atoms with van der Waals surface area (Å²) in [7, 11) is -3.67. The van der Waals surface area contributed by atoms with Crippen LogP contribution in [0.4, 0.5) is 13.2 Å². The van der Waals surface area contributed by atoms with E-state index in [1.54, 1.807) is 0 Å². The predicted octanol–water partition coefficient (Wildman–Crippen LogP) is 1.38. The number of sulfonamides is 1. The number of halogens is 3. The molecule has 8 heteroatoms. The number of hydrogen-bond donors (Lipinski definition) is 2. The van der Waals surface area contributed by atoms with Gasteiger partial charge in [-0.2, -0.15) is 13.2 Å². The fourth-order valence-electron chi connectivity index (χ4n) is 1.35. The van der Waals surface area contributed by atoms with E-state index in [2.05, 4.69) is 4.72 Å². The number of nitrogens with two attached hydrogens (primary N) is 1. The second-order valence-corrected chi connectivity index (χ2v) is 5.75. The molecule has 0 aliphatic heterocycles. The van der Waals surface area contributed by atoms with E-state index in [0.717, 1.165) is 6.42 Å². The summed E-state index contributed by atoms with van der Waals surface area (Å²) in [4.78, 5) is 0. The molecular formula is C9H19F3N2O2S.